The highest BCUT2D eigenvalue weighted by atomic mass is 32.2. The van der Waals surface area contributed by atoms with Crippen molar-refractivity contribution >= 4 is 27.5 Å². The fourth-order valence-corrected chi connectivity index (χ4v) is 5.28. The first-order chi connectivity index (χ1) is 13.3. The van der Waals surface area contributed by atoms with E-state index in [1.807, 2.05) is 0 Å². The van der Waals surface area contributed by atoms with E-state index in [9.17, 15) is 18.0 Å². The van der Waals surface area contributed by atoms with Gasteiger partial charge in [-0.25, -0.2) is 13.1 Å². The van der Waals surface area contributed by atoms with Gasteiger partial charge in [-0.15, -0.1) is 0 Å². The molecule has 2 amide bonds. The topological polar surface area (TPSA) is 86.8 Å². The molecule has 28 heavy (non-hydrogen) atoms. The first kappa shape index (κ1) is 21.0. The van der Waals surface area contributed by atoms with Crippen LogP contribution in [0.1, 0.15) is 39.5 Å². The van der Waals surface area contributed by atoms with E-state index < -0.39 is 10.0 Å². The molecule has 2 saturated heterocycles. The van der Waals surface area contributed by atoms with Crippen LogP contribution in [-0.4, -0.2) is 51.3 Å². The minimum absolute atomic E-state index is 0.135. The lowest BCUT2D eigenvalue weighted by atomic mass is 9.92. The molecule has 3 rings (SSSR count). The predicted molar refractivity (Wildman–Crippen MR) is 107 cm³/mol. The summed E-state index contributed by atoms with van der Waals surface area (Å²) in [6, 6.07) is 5.88. The lowest BCUT2D eigenvalue weighted by Crippen LogP contribution is -2.40. The molecule has 1 aromatic rings. The Morgan fingerprint density at radius 2 is 1.57 bits per heavy atom. The summed E-state index contributed by atoms with van der Waals surface area (Å²) in [7, 11) is -3.61. The molecule has 0 spiro atoms. The molecule has 0 bridgehead atoms. The lowest BCUT2D eigenvalue weighted by Gasteiger charge is -2.34. The largest absolute Gasteiger partial charge is 0.303 e. The van der Waals surface area contributed by atoms with Crippen molar-refractivity contribution in [1.82, 2.24) is 9.62 Å². The number of nitrogens with zero attached hydrogens (tertiary/aromatic N) is 2. The average molecular weight is 408 g/mol. The van der Waals surface area contributed by atoms with Crippen LogP contribution in [0.4, 0.5) is 5.69 Å². The first-order valence-electron chi connectivity index (χ1n) is 9.94. The SMILES string of the molecule is C[C@H]1C[C@H](C)CN(CCCNS(=O)(=O)c2ccc(N3C(=O)CCC3=O)cc2)C1. The number of nitrogens with one attached hydrogen (secondary N) is 1. The number of piperidine rings is 1. The molecule has 7 nitrogen and oxygen atoms in total. The normalized spacial score (nSPS) is 24.1. The van der Waals surface area contributed by atoms with Crippen LogP contribution < -0.4 is 9.62 Å². The molecule has 2 fully saturated rings. The van der Waals surface area contributed by atoms with Gasteiger partial charge < -0.3 is 4.90 Å². The Morgan fingerprint density at radius 3 is 2.14 bits per heavy atom. The van der Waals surface area contributed by atoms with Crippen LogP contribution >= 0.6 is 0 Å². The molecule has 0 unspecified atom stereocenters. The molecule has 0 aliphatic carbocycles. The van der Waals surface area contributed by atoms with E-state index >= 15 is 0 Å². The van der Waals surface area contributed by atoms with Crippen molar-refractivity contribution in [3.63, 3.8) is 0 Å². The fraction of sp³-hybridized carbons (Fsp3) is 0.600. The van der Waals surface area contributed by atoms with Gasteiger partial charge in [-0.05, 0) is 55.5 Å². The zero-order valence-electron chi connectivity index (χ0n) is 16.6. The molecule has 2 aliphatic rings. The third kappa shape index (κ3) is 4.98. The number of likely N-dealkylation sites (tertiary alicyclic amines) is 1. The molecule has 1 aromatic carbocycles. The van der Waals surface area contributed by atoms with Crippen LogP contribution in [0, 0.1) is 11.8 Å². The zero-order valence-corrected chi connectivity index (χ0v) is 17.4. The zero-order chi connectivity index (χ0) is 20.3. The minimum atomic E-state index is -3.61. The summed E-state index contributed by atoms with van der Waals surface area (Å²) in [6.07, 6.45) is 2.42. The van der Waals surface area contributed by atoms with Crippen LogP contribution in [0.15, 0.2) is 29.2 Å². The number of rotatable bonds is 7. The van der Waals surface area contributed by atoms with Gasteiger partial charge in [0.25, 0.3) is 0 Å². The second-order valence-corrected chi connectivity index (χ2v) is 9.84. The number of anilines is 1. The van der Waals surface area contributed by atoms with E-state index in [4.69, 9.17) is 0 Å². The van der Waals surface area contributed by atoms with Gasteiger partial charge in [-0.3, -0.25) is 14.5 Å². The molecule has 2 heterocycles. The van der Waals surface area contributed by atoms with Crippen LogP contribution in [0.5, 0.6) is 0 Å². The highest BCUT2D eigenvalue weighted by molar-refractivity contribution is 7.89. The first-order valence-corrected chi connectivity index (χ1v) is 11.4. The van der Waals surface area contributed by atoms with Crippen molar-refractivity contribution in [2.75, 3.05) is 31.1 Å². The number of benzene rings is 1. The van der Waals surface area contributed by atoms with Gasteiger partial charge >= 0.3 is 0 Å². The standard InChI is InChI=1S/C20H29N3O4S/c1-15-12-16(2)14-22(13-15)11-3-10-21-28(26,27)18-6-4-17(5-7-18)23-19(24)8-9-20(23)25/h4-7,15-16,21H,3,8-14H2,1-2H3/t15-,16-/m0/s1. The highest BCUT2D eigenvalue weighted by Crippen LogP contribution is 2.24. The van der Waals surface area contributed by atoms with E-state index in [0.29, 0.717) is 24.1 Å². The molecule has 154 valence electrons. The molecule has 0 radical (unpaired) electrons. The van der Waals surface area contributed by atoms with Crippen molar-refractivity contribution < 1.29 is 18.0 Å². The summed E-state index contributed by atoms with van der Waals surface area (Å²) >= 11 is 0. The predicted octanol–water partition coefficient (Wildman–Crippen LogP) is 1.99. The lowest BCUT2D eigenvalue weighted by molar-refractivity contribution is -0.121. The maximum absolute atomic E-state index is 12.5. The smallest absolute Gasteiger partial charge is 0.240 e. The Kier molecular flexibility index (Phi) is 6.52. The molecule has 2 atom stereocenters. The van der Waals surface area contributed by atoms with Gasteiger partial charge in [-0.2, -0.15) is 0 Å². The van der Waals surface area contributed by atoms with E-state index in [-0.39, 0.29) is 29.6 Å². The van der Waals surface area contributed by atoms with Gasteiger partial charge in [0.15, 0.2) is 0 Å². The number of hydrogen-bond donors (Lipinski definition) is 1. The Balaban J connectivity index is 1.52. The number of amides is 2. The minimum Gasteiger partial charge on any atom is -0.303 e. The average Bonchev–Trinajstić information content (AvgIpc) is 2.96. The molecule has 1 N–H and O–H groups in total. The number of hydrogen-bond acceptors (Lipinski definition) is 5. The maximum Gasteiger partial charge on any atom is 0.240 e. The second kappa shape index (κ2) is 8.71. The van der Waals surface area contributed by atoms with Crippen LogP contribution in [-0.2, 0) is 19.6 Å². The van der Waals surface area contributed by atoms with Crippen LogP contribution in [0.2, 0.25) is 0 Å². The Hall–Kier alpha value is -1.77. The van der Waals surface area contributed by atoms with Gasteiger partial charge in [0.05, 0.1) is 10.6 Å². The summed E-state index contributed by atoms with van der Waals surface area (Å²) in [5.41, 5.74) is 0.416. The third-order valence-electron chi connectivity index (χ3n) is 5.34. The van der Waals surface area contributed by atoms with Crippen molar-refractivity contribution in [3.8, 4) is 0 Å². The number of sulfonamides is 1. The van der Waals surface area contributed by atoms with Gasteiger partial charge in [0.1, 0.15) is 0 Å². The van der Waals surface area contributed by atoms with Crippen molar-refractivity contribution in [2.24, 2.45) is 11.8 Å². The quantitative estimate of drug-likeness (QED) is 0.552. The van der Waals surface area contributed by atoms with Crippen molar-refractivity contribution in [2.45, 2.75) is 44.4 Å². The van der Waals surface area contributed by atoms with Crippen molar-refractivity contribution in [1.29, 1.82) is 0 Å². The Bertz CT molecular complexity index is 796. The summed E-state index contributed by atoms with van der Waals surface area (Å²) in [6.45, 7) is 7.94. The fourth-order valence-electron chi connectivity index (χ4n) is 4.21. The Labute approximate surface area is 167 Å². The third-order valence-corrected chi connectivity index (χ3v) is 6.82. The number of carbonyl (C=O) groups is 2. The number of carbonyl (C=O) groups excluding carboxylic acids is 2. The maximum atomic E-state index is 12.5. The van der Waals surface area contributed by atoms with Crippen LogP contribution in [0.25, 0.3) is 0 Å². The van der Waals surface area contributed by atoms with E-state index in [0.717, 1.165) is 31.0 Å². The summed E-state index contributed by atoms with van der Waals surface area (Å²) < 4.78 is 27.6. The summed E-state index contributed by atoms with van der Waals surface area (Å²) in [4.78, 5) is 27.2. The molecular formula is C20H29N3O4S. The van der Waals surface area contributed by atoms with Gasteiger partial charge in [0, 0.05) is 32.5 Å². The molecule has 0 aromatic heterocycles. The summed E-state index contributed by atoms with van der Waals surface area (Å²) in [5.74, 6) is 0.877. The molecule has 8 heteroatoms. The van der Waals surface area contributed by atoms with Crippen LogP contribution in [0.3, 0.4) is 0 Å². The molecule has 0 saturated carbocycles. The molecular weight excluding hydrogens is 378 g/mol. The molecule has 2 aliphatic heterocycles. The second-order valence-electron chi connectivity index (χ2n) is 8.07. The van der Waals surface area contributed by atoms with Crippen molar-refractivity contribution in [3.05, 3.63) is 24.3 Å². The number of imide groups is 1. The van der Waals surface area contributed by atoms with Gasteiger partial charge in [0.2, 0.25) is 21.8 Å². The monoisotopic (exact) mass is 407 g/mol. The highest BCUT2D eigenvalue weighted by Gasteiger charge is 2.30. The van der Waals surface area contributed by atoms with E-state index in [1.165, 1.54) is 30.7 Å². The van der Waals surface area contributed by atoms with Gasteiger partial charge in [-0.1, -0.05) is 13.8 Å². The summed E-state index contributed by atoms with van der Waals surface area (Å²) in [5, 5.41) is 0. The van der Waals surface area contributed by atoms with E-state index in [1.54, 1.807) is 0 Å². The Morgan fingerprint density at radius 1 is 1.00 bits per heavy atom. The van der Waals surface area contributed by atoms with E-state index in [2.05, 4.69) is 23.5 Å².